The van der Waals surface area contributed by atoms with Gasteiger partial charge in [-0.25, -0.2) is 4.79 Å². The molecule has 0 radical (unpaired) electrons. The van der Waals surface area contributed by atoms with Gasteiger partial charge in [0.15, 0.2) is 12.8 Å². The summed E-state index contributed by atoms with van der Waals surface area (Å²) >= 11 is 0. The molecular formula is C15H27LiNO5+. The summed E-state index contributed by atoms with van der Waals surface area (Å²) in [7, 11) is 0. The number of aliphatic carboxylic acids is 2. The SMILES string of the molecule is C=CCCCCCC[N+](CO)(C(C)C(=O)[O-])C(C)C(=O)O.[Li+]. The summed E-state index contributed by atoms with van der Waals surface area (Å²) in [4.78, 5) is 22.4. The fourth-order valence-corrected chi connectivity index (χ4v) is 2.52. The molecule has 0 rings (SSSR count). The topological polar surface area (TPSA) is 97.7 Å². The minimum Gasteiger partial charge on any atom is -0.544 e. The van der Waals surface area contributed by atoms with Gasteiger partial charge >= 0.3 is 24.8 Å². The number of aliphatic hydroxyl groups excluding tert-OH is 1. The summed E-state index contributed by atoms with van der Waals surface area (Å²) in [6, 6.07) is -2.08. The van der Waals surface area contributed by atoms with Crippen molar-refractivity contribution in [3.05, 3.63) is 12.7 Å². The van der Waals surface area contributed by atoms with Crippen LogP contribution >= 0.6 is 0 Å². The van der Waals surface area contributed by atoms with Crippen LogP contribution in [-0.2, 0) is 9.59 Å². The zero-order valence-electron chi connectivity index (χ0n) is 14.0. The Kier molecular flexibility index (Phi) is 12.5. The quantitative estimate of drug-likeness (QED) is 0.137. The largest absolute Gasteiger partial charge is 1.00 e. The average molecular weight is 308 g/mol. The van der Waals surface area contributed by atoms with Crippen LogP contribution in [0, 0.1) is 0 Å². The molecule has 22 heavy (non-hydrogen) atoms. The van der Waals surface area contributed by atoms with E-state index in [1.54, 1.807) is 0 Å². The van der Waals surface area contributed by atoms with E-state index in [0.717, 1.165) is 25.7 Å². The van der Waals surface area contributed by atoms with Gasteiger partial charge in [0.25, 0.3) is 0 Å². The van der Waals surface area contributed by atoms with E-state index < -0.39 is 35.2 Å². The van der Waals surface area contributed by atoms with Crippen LogP contribution in [0.5, 0.6) is 0 Å². The number of carbonyl (C=O) groups excluding carboxylic acids is 1. The van der Waals surface area contributed by atoms with E-state index in [1.807, 2.05) is 6.08 Å². The van der Waals surface area contributed by atoms with Crippen molar-refractivity contribution < 1.29 is 48.3 Å². The number of rotatable bonds is 12. The Labute approximate surface area is 144 Å². The van der Waals surface area contributed by atoms with E-state index in [0.29, 0.717) is 13.0 Å². The van der Waals surface area contributed by atoms with Crippen LogP contribution in [-0.4, -0.2) is 52.0 Å². The summed E-state index contributed by atoms with van der Waals surface area (Å²) in [6.45, 7) is 6.23. The molecule has 7 heteroatoms. The van der Waals surface area contributed by atoms with Crippen LogP contribution < -0.4 is 24.0 Å². The van der Waals surface area contributed by atoms with Crippen molar-refractivity contribution in [2.45, 2.75) is 58.0 Å². The first-order valence-electron chi connectivity index (χ1n) is 7.35. The van der Waals surface area contributed by atoms with E-state index in [9.17, 15) is 24.9 Å². The van der Waals surface area contributed by atoms with Crippen molar-refractivity contribution in [1.29, 1.82) is 0 Å². The molecule has 0 aromatic carbocycles. The first-order chi connectivity index (χ1) is 9.83. The van der Waals surface area contributed by atoms with E-state index >= 15 is 0 Å². The molecule has 0 aliphatic heterocycles. The fraction of sp³-hybridized carbons (Fsp3) is 0.733. The van der Waals surface area contributed by atoms with Gasteiger partial charge in [-0.3, -0.25) is 4.48 Å². The van der Waals surface area contributed by atoms with Gasteiger partial charge in [0.05, 0.1) is 12.5 Å². The number of carbonyl (C=O) groups is 2. The Balaban J connectivity index is 0. The smallest absolute Gasteiger partial charge is 0.544 e. The van der Waals surface area contributed by atoms with Gasteiger partial charge in [-0.15, -0.1) is 6.58 Å². The number of hydrogen-bond acceptors (Lipinski definition) is 4. The van der Waals surface area contributed by atoms with Crippen molar-refractivity contribution in [1.82, 2.24) is 0 Å². The first kappa shape index (κ1) is 23.5. The van der Waals surface area contributed by atoms with Crippen LogP contribution in [0.2, 0.25) is 0 Å². The van der Waals surface area contributed by atoms with Crippen LogP contribution in [0.3, 0.4) is 0 Å². The van der Waals surface area contributed by atoms with E-state index in [4.69, 9.17) is 0 Å². The summed E-state index contributed by atoms with van der Waals surface area (Å²) < 4.78 is -0.404. The monoisotopic (exact) mass is 308 g/mol. The molecule has 6 nitrogen and oxygen atoms in total. The number of aliphatic hydroxyl groups is 1. The Hall–Kier alpha value is -0.803. The number of allylic oxidation sites excluding steroid dienone is 1. The zero-order chi connectivity index (χ0) is 16.5. The maximum absolute atomic E-state index is 11.3. The predicted octanol–water partition coefficient (Wildman–Crippen LogP) is -2.49. The molecule has 0 fully saturated rings. The van der Waals surface area contributed by atoms with Gasteiger partial charge in [0.1, 0.15) is 6.04 Å². The molecule has 0 saturated heterocycles. The Bertz CT molecular complexity index is 342. The van der Waals surface area contributed by atoms with E-state index in [1.165, 1.54) is 13.8 Å². The maximum Gasteiger partial charge on any atom is 1.00 e. The number of nitrogens with zero attached hydrogens (tertiary/aromatic N) is 1. The van der Waals surface area contributed by atoms with Crippen LogP contribution in [0.1, 0.15) is 46.0 Å². The summed E-state index contributed by atoms with van der Waals surface area (Å²) in [5, 5.41) is 30.0. The summed E-state index contributed by atoms with van der Waals surface area (Å²) in [5.41, 5.74) is 0. The summed E-state index contributed by atoms with van der Waals surface area (Å²) in [5.74, 6) is -2.47. The van der Waals surface area contributed by atoms with Crippen LogP contribution in [0.25, 0.3) is 0 Å². The van der Waals surface area contributed by atoms with Gasteiger partial charge in [0.2, 0.25) is 0 Å². The van der Waals surface area contributed by atoms with Gasteiger partial charge in [-0.05, 0) is 39.5 Å². The normalized spacial score (nSPS) is 16.0. The number of unbranched alkanes of at least 4 members (excludes halogenated alkanes) is 4. The van der Waals surface area contributed by atoms with Crippen molar-refractivity contribution in [3.63, 3.8) is 0 Å². The van der Waals surface area contributed by atoms with E-state index in [2.05, 4.69) is 6.58 Å². The van der Waals surface area contributed by atoms with Gasteiger partial charge < -0.3 is 20.1 Å². The molecular weight excluding hydrogens is 281 g/mol. The molecule has 0 aromatic rings. The third-order valence-corrected chi connectivity index (χ3v) is 4.24. The Morgan fingerprint density at radius 3 is 2.14 bits per heavy atom. The van der Waals surface area contributed by atoms with Gasteiger partial charge in [0, 0.05) is 0 Å². The van der Waals surface area contributed by atoms with Crippen LogP contribution in [0.4, 0.5) is 0 Å². The molecule has 0 amide bonds. The molecule has 0 spiro atoms. The summed E-state index contributed by atoms with van der Waals surface area (Å²) in [6.07, 6.45) is 6.28. The van der Waals surface area contributed by atoms with Gasteiger partial charge in [-0.2, -0.15) is 0 Å². The number of carboxylic acids is 2. The molecule has 3 unspecified atom stereocenters. The fourth-order valence-electron chi connectivity index (χ4n) is 2.52. The molecule has 2 N–H and O–H groups in total. The third-order valence-electron chi connectivity index (χ3n) is 4.24. The second-order valence-corrected chi connectivity index (χ2v) is 5.47. The maximum atomic E-state index is 11.3. The Morgan fingerprint density at radius 2 is 1.73 bits per heavy atom. The zero-order valence-corrected chi connectivity index (χ0v) is 14.0. The molecule has 0 aliphatic rings. The molecule has 0 aromatic heterocycles. The molecule has 0 bridgehead atoms. The number of quaternary nitrogens is 1. The van der Waals surface area contributed by atoms with Crippen LogP contribution in [0.15, 0.2) is 12.7 Å². The average Bonchev–Trinajstić information content (AvgIpc) is 2.45. The molecule has 3 atom stereocenters. The number of hydrogen-bond donors (Lipinski definition) is 2. The molecule has 0 heterocycles. The number of carboxylic acid groups (broad SMARTS) is 2. The molecule has 122 valence electrons. The van der Waals surface area contributed by atoms with Gasteiger partial charge in [-0.1, -0.05) is 12.5 Å². The second kappa shape index (κ2) is 11.7. The minimum atomic E-state index is -1.34. The minimum absolute atomic E-state index is 0. The Morgan fingerprint density at radius 1 is 1.18 bits per heavy atom. The van der Waals surface area contributed by atoms with Crippen molar-refractivity contribution in [3.8, 4) is 0 Å². The van der Waals surface area contributed by atoms with E-state index in [-0.39, 0.29) is 18.9 Å². The first-order valence-corrected chi connectivity index (χ1v) is 7.35. The standard InChI is InChI=1S/C15H27NO5.Li/c1-4-5-6-7-8-9-10-16(11-17,12(2)14(18)19)13(3)15(20)21;/h4,12-13,17H,1,5-11H2,2-3H3,(H-,18,19,20,21);/q;+1. The predicted molar refractivity (Wildman–Crippen MR) is 77.1 cm³/mol. The molecule has 0 aliphatic carbocycles. The second-order valence-electron chi connectivity index (χ2n) is 5.47. The van der Waals surface area contributed by atoms with Crippen molar-refractivity contribution in [2.75, 3.05) is 13.3 Å². The molecule has 0 saturated carbocycles. The van der Waals surface area contributed by atoms with Crippen molar-refractivity contribution >= 4 is 11.9 Å². The van der Waals surface area contributed by atoms with Crippen molar-refractivity contribution in [2.24, 2.45) is 0 Å². The third kappa shape index (κ3) is 6.53.